The molecule has 22 heavy (non-hydrogen) atoms. The minimum atomic E-state index is -1.16. The van der Waals surface area contributed by atoms with E-state index in [1.165, 1.54) is 11.8 Å². The summed E-state index contributed by atoms with van der Waals surface area (Å²) in [5, 5.41) is 10.3. The van der Waals surface area contributed by atoms with E-state index in [0.717, 1.165) is 0 Å². The summed E-state index contributed by atoms with van der Waals surface area (Å²) in [6, 6.07) is 7.07. The third-order valence-electron chi connectivity index (χ3n) is 2.70. The molecule has 1 aromatic heterocycles. The number of alkyl carbamates (subject to hydrolysis) is 1. The molecule has 0 saturated heterocycles. The molecule has 8 heteroatoms. The summed E-state index contributed by atoms with van der Waals surface area (Å²) in [5.74, 6) is -0.679. The summed E-state index contributed by atoms with van der Waals surface area (Å²) in [6.45, 7) is 5.18. The van der Waals surface area contributed by atoms with Gasteiger partial charge in [0.1, 0.15) is 11.1 Å². The van der Waals surface area contributed by atoms with Gasteiger partial charge in [-0.3, -0.25) is 5.32 Å². The predicted octanol–water partition coefficient (Wildman–Crippen LogP) is 1.63. The van der Waals surface area contributed by atoms with Crippen LogP contribution >= 0.6 is 0 Å². The molecular formula is C14H18N4O4. The number of aromatic nitrogens is 3. The van der Waals surface area contributed by atoms with Gasteiger partial charge >= 0.3 is 12.1 Å². The van der Waals surface area contributed by atoms with Crippen molar-refractivity contribution < 1.29 is 19.1 Å². The molecule has 1 atom stereocenters. The van der Waals surface area contributed by atoms with Gasteiger partial charge in [-0.25, -0.2) is 14.3 Å². The lowest BCUT2D eigenvalue weighted by Crippen LogP contribution is -2.41. The number of para-hydroxylation sites is 1. The maximum Gasteiger partial charge on any atom is 0.409 e. The second-order valence-electron chi connectivity index (χ2n) is 5.59. The number of nitrogens with zero attached hydrogens (tertiary/aromatic N) is 3. The zero-order chi connectivity index (χ0) is 16.3. The third kappa shape index (κ3) is 3.51. The quantitative estimate of drug-likeness (QED) is 0.866. The molecule has 0 aliphatic heterocycles. The monoisotopic (exact) mass is 306 g/mol. The van der Waals surface area contributed by atoms with Crippen LogP contribution in [0, 0.1) is 0 Å². The number of carbonyl (C=O) groups excluding carboxylic acids is 2. The number of rotatable bonds is 3. The van der Waals surface area contributed by atoms with Crippen molar-refractivity contribution in [2.45, 2.75) is 32.5 Å². The SMILES string of the molecule is COC(=O)C(NC(=O)OC(C)(C)C)n1nnc2ccccc21. The largest absolute Gasteiger partial charge is 0.466 e. The fourth-order valence-electron chi connectivity index (χ4n) is 1.83. The van der Waals surface area contributed by atoms with E-state index in [2.05, 4.69) is 15.6 Å². The van der Waals surface area contributed by atoms with Crippen LogP contribution in [-0.2, 0) is 14.3 Å². The molecule has 118 valence electrons. The zero-order valence-corrected chi connectivity index (χ0v) is 12.9. The summed E-state index contributed by atoms with van der Waals surface area (Å²) in [4.78, 5) is 23.9. The first kappa shape index (κ1) is 15.7. The van der Waals surface area contributed by atoms with Crippen molar-refractivity contribution in [3.8, 4) is 0 Å². The summed E-state index contributed by atoms with van der Waals surface area (Å²) < 4.78 is 11.2. The summed E-state index contributed by atoms with van der Waals surface area (Å²) in [6.07, 6.45) is -1.91. The van der Waals surface area contributed by atoms with Gasteiger partial charge in [0.15, 0.2) is 0 Å². The molecule has 0 spiro atoms. The van der Waals surface area contributed by atoms with Crippen molar-refractivity contribution in [1.82, 2.24) is 20.3 Å². The van der Waals surface area contributed by atoms with Gasteiger partial charge in [-0.05, 0) is 32.9 Å². The fraction of sp³-hybridized carbons (Fsp3) is 0.429. The molecule has 0 bridgehead atoms. The second-order valence-corrected chi connectivity index (χ2v) is 5.59. The minimum absolute atomic E-state index is 0.592. The van der Waals surface area contributed by atoms with Gasteiger partial charge in [-0.1, -0.05) is 17.3 Å². The average molecular weight is 306 g/mol. The molecule has 2 aromatic rings. The Morgan fingerprint density at radius 1 is 1.27 bits per heavy atom. The van der Waals surface area contributed by atoms with E-state index < -0.39 is 23.8 Å². The van der Waals surface area contributed by atoms with Gasteiger partial charge in [0.2, 0.25) is 6.17 Å². The normalized spacial score (nSPS) is 12.7. The Bertz CT molecular complexity index is 689. The van der Waals surface area contributed by atoms with Crippen LogP contribution in [0.3, 0.4) is 0 Å². The van der Waals surface area contributed by atoms with Crippen LogP contribution in [0.25, 0.3) is 11.0 Å². The van der Waals surface area contributed by atoms with Gasteiger partial charge in [0, 0.05) is 0 Å². The number of ether oxygens (including phenoxy) is 2. The van der Waals surface area contributed by atoms with E-state index in [4.69, 9.17) is 9.47 Å². The number of fused-ring (bicyclic) bond motifs is 1. The molecule has 1 heterocycles. The Morgan fingerprint density at radius 2 is 1.95 bits per heavy atom. The summed E-state index contributed by atoms with van der Waals surface area (Å²) >= 11 is 0. The maximum atomic E-state index is 12.0. The first-order valence-corrected chi connectivity index (χ1v) is 6.69. The summed E-state index contributed by atoms with van der Waals surface area (Å²) in [7, 11) is 1.23. The van der Waals surface area contributed by atoms with Crippen LogP contribution in [-0.4, -0.2) is 39.8 Å². The second kappa shape index (κ2) is 6.00. The zero-order valence-electron chi connectivity index (χ0n) is 12.9. The molecule has 1 unspecified atom stereocenters. The van der Waals surface area contributed by atoms with Crippen molar-refractivity contribution in [3.05, 3.63) is 24.3 Å². The van der Waals surface area contributed by atoms with Crippen molar-refractivity contribution in [2.75, 3.05) is 7.11 Å². The molecule has 0 fully saturated rings. The topological polar surface area (TPSA) is 95.3 Å². The highest BCUT2D eigenvalue weighted by Crippen LogP contribution is 2.16. The number of nitrogens with one attached hydrogen (secondary N) is 1. The number of hydrogen-bond acceptors (Lipinski definition) is 6. The lowest BCUT2D eigenvalue weighted by molar-refractivity contribution is -0.146. The van der Waals surface area contributed by atoms with Crippen LogP contribution < -0.4 is 5.32 Å². The van der Waals surface area contributed by atoms with E-state index in [1.54, 1.807) is 45.0 Å². The van der Waals surface area contributed by atoms with Crippen molar-refractivity contribution >= 4 is 23.1 Å². The van der Waals surface area contributed by atoms with Gasteiger partial charge in [-0.2, -0.15) is 0 Å². The molecule has 0 aliphatic rings. The molecule has 1 amide bonds. The smallest absolute Gasteiger partial charge is 0.409 e. The van der Waals surface area contributed by atoms with Gasteiger partial charge in [0.05, 0.1) is 12.6 Å². The van der Waals surface area contributed by atoms with Crippen molar-refractivity contribution in [2.24, 2.45) is 0 Å². The lowest BCUT2D eigenvalue weighted by atomic mass is 10.2. The Hall–Kier alpha value is -2.64. The first-order chi connectivity index (χ1) is 10.3. The molecule has 8 nitrogen and oxygen atoms in total. The highest BCUT2D eigenvalue weighted by atomic mass is 16.6. The minimum Gasteiger partial charge on any atom is -0.466 e. The lowest BCUT2D eigenvalue weighted by Gasteiger charge is -2.22. The Kier molecular flexibility index (Phi) is 4.30. The highest BCUT2D eigenvalue weighted by molar-refractivity contribution is 5.82. The number of hydrogen-bond donors (Lipinski definition) is 1. The Labute approximate surface area is 127 Å². The van der Waals surface area contributed by atoms with Crippen molar-refractivity contribution in [1.29, 1.82) is 0 Å². The van der Waals surface area contributed by atoms with Gasteiger partial charge in [-0.15, -0.1) is 5.10 Å². The summed E-state index contributed by atoms with van der Waals surface area (Å²) in [5.41, 5.74) is 0.506. The van der Waals surface area contributed by atoms with E-state index in [9.17, 15) is 9.59 Å². The maximum absolute atomic E-state index is 12.0. The number of benzene rings is 1. The molecule has 2 rings (SSSR count). The molecule has 1 N–H and O–H groups in total. The van der Waals surface area contributed by atoms with Crippen LogP contribution in [0.15, 0.2) is 24.3 Å². The number of carbonyl (C=O) groups is 2. The van der Waals surface area contributed by atoms with E-state index >= 15 is 0 Å². The molecule has 0 radical (unpaired) electrons. The molecule has 0 aliphatic carbocycles. The predicted molar refractivity (Wildman–Crippen MR) is 78.0 cm³/mol. The molecular weight excluding hydrogens is 288 g/mol. The highest BCUT2D eigenvalue weighted by Gasteiger charge is 2.28. The number of esters is 1. The Balaban J connectivity index is 2.31. The van der Waals surface area contributed by atoms with Gasteiger partial charge < -0.3 is 9.47 Å². The first-order valence-electron chi connectivity index (χ1n) is 6.69. The van der Waals surface area contributed by atoms with Crippen molar-refractivity contribution in [3.63, 3.8) is 0 Å². The van der Waals surface area contributed by atoms with E-state index in [0.29, 0.717) is 11.0 Å². The fourth-order valence-corrected chi connectivity index (χ4v) is 1.83. The van der Waals surface area contributed by atoms with E-state index in [-0.39, 0.29) is 0 Å². The molecule has 1 aromatic carbocycles. The van der Waals surface area contributed by atoms with Crippen LogP contribution in [0.2, 0.25) is 0 Å². The number of amides is 1. The average Bonchev–Trinajstić information content (AvgIpc) is 2.86. The van der Waals surface area contributed by atoms with Crippen LogP contribution in [0.4, 0.5) is 4.79 Å². The van der Waals surface area contributed by atoms with Crippen LogP contribution in [0.1, 0.15) is 26.9 Å². The third-order valence-corrected chi connectivity index (χ3v) is 2.70. The van der Waals surface area contributed by atoms with E-state index in [1.807, 2.05) is 0 Å². The number of methoxy groups -OCH3 is 1. The standard InChI is InChI=1S/C14H18N4O4/c1-14(2,3)22-13(20)15-11(12(19)21-4)18-10-8-6-5-7-9(10)16-17-18/h5-8,11H,1-4H3,(H,15,20). The van der Waals surface area contributed by atoms with Gasteiger partial charge in [0.25, 0.3) is 0 Å². The molecule has 0 saturated carbocycles. The Morgan fingerprint density at radius 3 is 2.59 bits per heavy atom. The van der Waals surface area contributed by atoms with Crippen LogP contribution in [0.5, 0.6) is 0 Å².